The second kappa shape index (κ2) is 13.4. The zero-order chi connectivity index (χ0) is 25.0. The molecule has 184 valence electrons. The molecule has 0 aliphatic carbocycles. The Morgan fingerprint density at radius 1 is 1.14 bits per heavy atom. The van der Waals surface area contributed by atoms with Gasteiger partial charge in [-0.15, -0.1) is 16.8 Å². The summed E-state index contributed by atoms with van der Waals surface area (Å²) in [5.41, 5.74) is 1.21. The Labute approximate surface area is 208 Å². The second-order valence-corrected chi connectivity index (χ2v) is 8.75. The van der Waals surface area contributed by atoms with Gasteiger partial charge >= 0.3 is 0 Å². The first kappa shape index (κ1) is 26.2. The maximum Gasteiger partial charge on any atom is 0.224 e. The van der Waals surface area contributed by atoms with E-state index in [0.29, 0.717) is 35.2 Å². The lowest BCUT2D eigenvalue weighted by Crippen LogP contribution is -2.11. The third-order valence-corrected chi connectivity index (χ3v) is 6.10. The molecule has 3 aromatic rings. The number of anilines is 1. The van der Waals surface area contributed by atoms with E-state index in [1.165, 1.54) is 17.8 Å². The predicted octanol–water partition coefficient (Wildman–Crippen LogP) is 5.68. The summed E-state index contributed by atoms with van der Waals surface area (Å²) in [6, 6.07) is 13.0. The van der Waals surface area contributed by atoms with Crippen LogP contribution >= 0.6 is 11.8 Å². The number of allylic oxidation sites excluding steroid dienone is 1. The molecule has 3 rings (SSSR count). The lowest BCUT2D eigenvalue weighted by Gasteiger charge is -2.09. The number of unbranched alkanes of at least 4 members (excludes halogenated alkanes) is 2. The minimum Gasteiger partial charge on any atom is -0.483 e. The van der Waals surface area contributed by atoms with Crippen molar-refractivity contribution in [3.63, 3.8) is 0 Å². The summed E-state index contributed by atoms with van der Waals surface area (Å²) in [5, 5.41) is 11.7. The van der Waals surface area contributed by atoms with Crippen LogP contribution < -0.4 is 10.1 Å². The van der Waals surface area contributed by atoms with E-state index in [2.05, 4.69) is 29.0 Å². The number of amides is 1. The molecule has 0 aliphatic rings. The fraction of sp³-hybridized carbons (Fsp3) is 0.308. The molecule has 2 aromatic carbocycles. The molecule has 0 fully saturated rings. The van der Waals surface area contributed by atoms with Gasteiger partial charge in [0.25, 0.3) is 0 Å². The topological polar surface area (TPSA) is 86.1 Å². The number of hydrogen-bond donors (Lipinski definition) is 1. The zero-order valence-corrected chi connectivity index (χ0v) is 20.5. The molecule has 9 heteroatoms. The van der Waals surface area contributed by atoms with Crippen molar-refractivity contribution >= 4 is 29.1 Å². The van der Waals surface area contributed by atoms with Crippen LogP contribution in [-0.4, -0.2) is 32.2 Å². The summed E-state index contributed by atoms with van der Waals surface area (Å²) >= 11 is 1.25. The molecule has 1 heterocycles. The fourth-order valence-corrected chi connectivity index (χ4v) is 4.12. The number of halogens is 1. The molecular formula is C26H29FN4O3S. The summed E-state index contributed by atoms with van der Waals surface area (Å²) in [4.78, 5) is 24.7. The van der Waals surface area contributed by atoms with Crippen molar-refractivity contribution < 1.29 is 18.7 Å². The number of aromatic nitrogens is 3. The van der Waals surface area contributed by atoms with E-state index >= 15 is 0 Å². The van der Waals surface area contributed by atoms with E-state index in [9.17, 15) is 14.0 Å². The van der Waals surface area contributed by atoms with Crippen molar-refractivity contribution in [1.29, 1.82) is 0 Å². The fourth-order valence-electron chi connectivity index (χ4n) is 3.26. The van der Waals surface area contributed by atoms with E-state index in [-0.39, 0.29) is 29.8 Å². The van der Waals surface area contributed by atoms with Crippen molar-refractivity contribution in [2.75, 3.05) is 11.1 Å². The van der Waals surface area contributed by atoms with Crippen LogP contribution in [0.1, 0.15) is 48.8 Å². The van der Waals surface area contributed by atoms with Gasteiger partial charge in [0.1, 0.15) is 6.61 Å². The number of rotatable bonds is 14. The first-order chi connectivity index (χ1) is 17.0. The van der Waals surface area contributed by atoms with Gasteiger partial charge in [-0.3, -0.25) is 14.2 Å². The SMILES string of the molecule is C=CCn1c(COc2ccccc2F)nnc1SCC(=O)c1ccc(NC(=O)CCCCC)cc1. The number of carbonyl (C=O) groups excluding carboxylic acids is 2. The number of nitrogens with one attached hydrogen (secondary N) is 1. The molecule has 1 amide bonds. The number of carbonyl (C=O) groups is 2. The van der Waals surface area contributed by atoms with E-state index in [1.54, 1.807) is 53.1 Å². The first-order valence-electron chi connectivity index (χ1n) is 11.5. The van der Waals surface area contributed by atoms with Crippen LogP contribution in [0.2, 0.25) is 0 Å². The summed E-state index contributed by atoms with van der Waals surface area (Å²) in [7, 11) is 0. The Kier molecular flexibility index (Phi) is 10.0. The highest BCUT2D eigenvalue weighted by molar-refractivity contribution is 7.99. The lowest BCUT2D eigenvalue weighted by atomic mass is 10.1. The van der Waals surface area contributed by atoms with Gasteiger partial charge in [-0.1, -0.05) is 49.7 Å². The smallest absolute Gasteiger partial charge is 0.224 e. The summed E-state index contributed by atoms with van der Waals surface area (Å²) < 4.78 is 21.1. The average molecular weight is 497 g/mol. The maximum absolute atomic E-state index is 13.8. The van der Waals surface area contributed by atoms with Gasteiger partial charge in [-0.05, 0) is 42.8 Å². The number of Topliss-reactive ketones (excluding diaryl/α,β-unsaturated/α-hetero) is 1. The molecule has 35 heavy (non-hydrogen) atoms. The van der Waals surface area contributed by atoms with Crippen LogP contribution in [0, 0.1) is 5.82 Å². The molecule has 0 saturated heterocycles. The lowest BCUT2D eigenvalue weighted by molar-refractivity contribution is -0.116. The minimum absolute atomic E-state index is 0.0237. The highest BCUT2D eigenvalue weighted by Crippen LogP contribution is 2.22. The van der Waals surface area contributed by atoms with E-state index in [4.69, 9.17) is 4.74 Å². The predicted molar refractivity (Wildman–Crippen MR) is 135 cm³/mol. The molecule has 0 unspecified atom stereocenters. The Bertz CT molecular complexity index is 1150. The first-order valence-corrected chi connectivity index (χ1v) is 12.5. The van der Waals surface area contributed by atoms with Gasteiger partial charge in [0.2, 0.25) is 5.91 Å². The van der Waals surface area contributed by atoms with E-state index < -0.39 is 5.82 Å². The van der Waals surface area contributed by atoms with Crippen LogP contribution in [0.4, 0.5) is 10.1 Å². The molecule has 0 saturated carbocycles. The largest absolute Gasteiger partial charge is 0.483 e. The quantitative estimate of drug-likeness (QED) is 0.134. The van der Waals surface area contributed by atoms with Crippen molar-refractivity contribution in [3.8, 4) is 5.75 Å². The minimum atomic E-state index is -0.454. The number of thioether (sulfide) groups is 1. The molecule has 0 atom stereocenters. The van der Waals surface area contributed by atoms with Crippen molar-refractivity contribution in [3.05, 3.63) is 78.4 Å². The molecule has 1 N–H and O–H groups in total. The number of para-hydroxylation sites is 1. The van der Waals surface area contributed by atoms with Gasteiger partial charge in [-0.25, -0.2) is 4.39 Å². The third kappa shape index (κ3) is 7.78. The maximum atomic E-state index is 13.8. The van der Waals surface area contributed by atoms with Gasteiger partial charge in [0, 0.05) is 24.2 Å². The second-order valence-electron chi connectivity index (χ2n) is 7.81. The highest BCUT2D eigenvalue weighted by atomic mass is 32.2. The number of benzene rings is 2. The van der Waals surface area contributed by atoms with E-state index in [1.807, 2.05) is 0 Å². The Morgan fingerprint density at radius 2 is 1.91 bits per heavy atom. The van der Waals surface area contributed by atoms with Gasteiger partial charge in [-0.2, -0.15) is 0 Å². The Balaban J connectivity index is 1.56. The average Bonchev–Trinajstić information content (AvgIpc) is 3.24. The highest BCUT2D eigenvalue weighted by Gasteiger charge is 2.16. The summed E-state index contributed by atoms with van der Waals surface area (Å²) in [6.45, 7) is 6.31. The monoisotopic (exact) mass is 496 g/mol. The number of nitrogens with zero attached hydrogens (tertiary/aromatic N) is 3. The molecular weight excluding hydrogens is 467 g/mol. The number of hydrogen-bond acceptors (Lipinski definition) is 6. The van der Waals surface area contributed by atoms with Crippen LogP contribution in [-0.2, 0) is 17.9 Å². The Hall–Kier alpha value is -3.46. The standard InChI is InChI=1S/C26H29FN4O3S/c1-3-5-6-11-25(33)28-20-14-12-19(13-15-20)22(32)18-35-26-30-29-24(31(26)16-4-2)17-34-23-10-8-7-9-21(23)27/h4,7-10,12-15H,2-3,5-6,11,16-18H2,1H3,(H,28,33). The molecule has 0 bridgehead atoms. The summed E-state index contributed by atoms with van der Waals surface area (Å²) in [6.07, 6.45) is 5.14. The molecule has 0 spiro atoms. The normalized spacial score (nSPS) is 10.7. The van der Waals surface area contributed by atoms with Crippen LogP contribution in [0.5, 0.6) is 5.75 Å². The van der Waals surface area contributed by atoms with Crippen molar-refractivity contribution in [2.45, 2.75) is 50.9 Å². The Morgan fingerprint density at radius 3 is 2.63 bits per heavy atom. The summed E-state index contributed by atoms with van der Waals surface area (Å²) in [5.74, 6) is 0.237. The van der Waals surface area contributed by atoms with Gasteiger partial charge in [0.15, 0.2) is 28.3 Å². The van der Waals surface area contributed by atoms with Crippen LogP contribution in [0.15, 0.2) is 66.3 Å². The van der Waals surface area contributed by atoms with Crippen molar-refractivity contribution in [2.24, 2.45) is 0 Å². The van der Waals surface area contributed by atoms with Crippen LogP contribution in [0.3, 0.4) is 0 Å². The molecule has 0 radical (unpaired) electrons. The third-order valence-electron chi connectivity index (χ3n) is 5.13. The van der Waals surface area contributed by atoms with E-state index in [0.717, 1.165) is 19.3 Å². The molecule has 1 aromatic heterocycles. The molecule has 0 aliphatic heterocycles. The number of ketones is 1. The number of ether oxygens (including phenoxy) is 1. The zero-order valence-electron chi connectivity index (χ0n) is 19.7. The molecule has 7 nitrogen and oxygen atoms in total. The van der Waals surface area contributed by atoms with Gasteiger partial charge in [0.05, 0.1) is 5.75 Å². The van der Waals surface area contributed by atoms with Crippen molar-refractivity contribution in [1.82, 2.24) is 14.8 Å². The van der Waals surface area contributed by atoms with Gasteiger partial charge < -0.3 is 10.1 Å². The van der Waals surface area contributed by atoms with Crippen LogP contribution in [0.25, 0.3) is 0 Å².